The minimum absolute atomic E-state index is 0. The molecule has 0 radical (unpaired) electrons. The van der Waals surface area contributed by atoms with Crippen molar-refractivity contribution in [2.75, 3.05) is 6.54 Å². The van der Waals surface area contributed by atoms with Crippen LogP contribution in [0.15, 0.2) is 28.6 Å². The van der Waals surface area contributed by atoms with E-state index in [4.69, 9.17) is 4.74 Å². The molecule has 0 spiro atoms. The first-order valence-corrected chi connectivity index (χ1v) is 9.87. The Hall–Kier alpha value is -1.56. The van der Waals surface area contributed by atoms with Gasteiger partial charge in [-0.2, -0.15) is 13.2 Å². The van der Waals surface area contributed by atoms with Crippen LogP contribution in [-0.4, -0.2) is 23.6 Å². The number of rotatable bonds is 7. The normalized spacial score (nSPS) is 11.9. The van der Waals surface area contributed by atoms with Crippen molar-refractivity contribution in [1.29, 1.82) is 0 Å². The standard InChI is InChI=1S/C19H25F3N4OS.HI/c1-5-23-18(25-10-17-26-16(11-28-17)19(20,21)22)24-9-14-7-6-13(4)8-15(14)27-12(2)3;/h6-8,11-12H,5,9-10H2,1-4H3,(H2,23,24,25);1H. The number of benzene rings is 1. The third-order valence-corrected chi connectivity index (χ3v) is 4.44. The van der Waals surface area contributed by atoms with Gasteiger partial charge in [0.05, 0.1) is 19.2 Å². The summed E-state index contributed by atoms with van der Waals surface area (Å²) in [6, 6.07) is 5.93. The molecule has 2 rings (SSSR count). The number of halogens is 4. The maximum atomic E-state index is 12.7. The molecule has 0 saturated carbocycles. The van der Waals surface area contributed by atoms with Crippen LogP contribution in [0.3, 0.4) is 0 Å². The number of guanidine groups is 1. The van der Waals surface area contributed by atoms with Crippen LogP contribution in [0.5, 0.6) is 5.75 Å². The third-order valence-electron chi connectivity index (χ3n) is 3.59. The Balaban J connectivity index is 0.00000420. The van der Waals surface area contributed by atoms with Gasteiger partial charge in [-0.25, -0.2) is 9.98 Å². The fourth-order valence-electron chi connectivity index (χ4n) is 2.34. The summed E-state index contributed by atoms with van der Waals surface area (Å²) in [4.78, 5) is 8.14. The molecule has 0 aliphatic carbocycles. The van der Waals surface area contributed by atoms with E-state index in [1.54, 1.807) is 0 Å². The second kappa shape index (κ2) is 11.6. The first-order valence-electron chi connectivity index (χ1n) is 8.99. The maximum Gasteiger partial charge on any atom is 0.434 e. The van der Waals surface area contributed by atoms with Gasteiger partial charge < -0.3 is 15.4 Å². The van der Waals surface area contributed by atoms with Crippen LogP contribution in [0.2, 0.25) is 0 Å². The van der Waals surface area contributed by atoms with E-state index in [-0.39, 0.29) is 36.6 Å². The van der Waals surface area contributed by atoms with Crippen molar-refractivity contribution >= 4 is 41.3 Å². The molecular weight excluding hydrogens is 516 g/mol. The molecule has 2 aromatic rings. The number of aromatic nitrogens is 1. The topological polar surface area (TPSA) is 58.5 Å². The summed E-state index contributed by atoms with van der Waals surface area (Å²) in [5, 5.41) is 7.47. The zero-order valence-corrected chi connectivity index (χ0v) is 19.9. The molecule has 162 valence electrons. The predicted molar refractivity (Wildman–Crippen MR) is 121 cm³/mol. The van der Waals surface area contributed by atoms with E-state index in [1.165, 1.54) is 0 Å². The molecule has 0 aliphatic heterocycles. The number of aliphatic imine (C=N–C) groups is 1. The Bertz CT molecular complexity index is 809. The number of alkyl halides is 3. The number of nitrogens with zero attached hydrogens (tertiary/aromatic N) is 2. The van der Waals surface area contributed by atoms with E-state index in [0.29, 0.717) is 24.1 Å². The average Bonchev–Trinajstić information content (AvgIpc) is 3.07. The van der Waals surface area contributed by atoms with Gasteiger partial charge in [0.2, 0.25) is 0 Å². The van der Waals surface area contributed by atoms with Gasteiger partial charge in [-0.15, -0.1) is 35.3 Å². The van der Waals surface area contributed by atoms with Crippen LogP contribution < -0.4 is 15.4 Å². The van der Waals surface area contributed by atoms with Crippen molar-refractivity contribution in [2.45, 2.75) is 53.1 Å². The van der Waals surface area contributed by atoms with Crippen molar-refractivity contribution < 1.29 is 17.9 Å². The van der Waals surface area contributed by atoms with Gasteiger partial charge in [0.15, 0.2) is 11.7 Å². The highest BCUT2D eigenvalue weighted by Crippen LogP contribution is 2.30. The van der Waals surface area contributed by atoms with Gasteiger partial charge in [-0.05, 0) is 39.3 Å². The fourth-order valence-corrected chi connectivity index (χ4v) is 3.08. The molecule has 1 heterocycles. The third kappa shape index (κ3) is 8.37. The number of hydrogen-bond acceptors (Lipinski definition) is 4. The van der Waals surface area contributed by atoms with Crippen molar-refractivity contribution in [1.82, 2.24) is 15.6 Å². The van der Waals surface area contributed by atoms with E-state index in [0.717, 1.165) is 33.6 Å². The Morgan fingerprint density at radius 1 is 1.28 bits per heavy atom. The van der Waals surface area contributed by atoms with Gasteiger partial charge in [0.1, 0.15) is 10.8 Å². The van der Waals surface area contributed by atoms with Gasteiger partial charge in [-0.3, -0.25) is 0 Å². The molecule has 2 N–H and O–H groups in total. The molecule has 0 fully saturated rings. The Kier molecular flexibility index (Phi) is 10.2. The van der Waals surface area contributed by atoms with Crippen molar-refractivity contribution in [2.24, 2.45) is 4.99 Å². The minimum atomic E-state index is -4.43. The molecule has 5 nitrogen and oxygen atoms in total. The molecule has 0 unspecified atom stereocenters. The lowest BCUT2D eigenvalue weighted by Crippen LogP contribution is -2.36. The quantitative estimate of drug-likeness (QED) is 0.290. The molecule has 10 heteroatoms. The van der Waals surface area contributed by atoms with Gasteiger partial charge in [-0.1, -0.05) is 12.1 Å². The lowest BCUT2D eigenvalue weighted by atomic mass is 10.1. The number of aryl methyl sites for hydroxylation is 1. The summed E-state index contributed by atoms with van der Waals surface area (Å²) in [6.45, 7) is 9.00. The number of thiazole rings is 1. The molecular formula is C19H26F3IN4OS. The molecule has 0 aliphatic rings. The lowest BCUT2D eigenvalue weighted by molar-refractivity contribution is -0.140. The average molecular weight is 542 g/mol. The molecule has 0 atom stereocenters. The van der Waals surface area contributed by atoms with Gasteiger partial charge >= 0.3 is 6.18 Å². The molecule has 0 bridgehead atoms. The van der Waals surface area contributed by atoms with Crippen LogP contribution in [0.4, 0.5) is 13.2 Å². The van der Waals surface area contributed by atoms with Crippen molar-refractivity contribution in [3.05, 3.63) is 45.4 Å². The maximum absolute atomic E-state index is 12.7. The van der Waals surface area contributed by atoms with Crippen LogP contribution in [0.1, 0.15) is 42.6 Å². The highest BCUT2D eigenvalue weighted by atomic mass is 127. The Morgan fingerprint density at radius 3 is 2.59 bits per heavy atom. The molecule has 29 heavy (non-hydrogen) atoms. The summed E-state index contributed by atoms with van der Waals surface area (Å²) in [5.41, 5.74) is 1.16. The summed E-state index contributed by atoms with van der Waals surface area (Å²) in [6.07, 6.45) is -4.38. The van der Waals surface area contributed by atoms with Gasteiger partial charge in [0, 0.05) is 17.5 Å². The summed E-state index contributed by atoms with van der Waals surface area (Å²) < 4.78 is 43.8. The second-order valence-corrected chi connectivity index (χ2v) is 7.39. The summed E-state index contributed by atoms with van der Waals surface area (Å²) in [5.74, 6) is 1.28. The summed E-state index contributed by atoms with van der Waals surface area (Å²) >= 11 is 0.965. The molecule has 0 saturated heterocycles. The van der Waals surface area contributed by atoms with E-state index in [1.807, 2.05) is 45.9 Å². The first kappa shape index (κ1) is 25.5. The first-order chi connectivity index (χ1) is 13.2. The number of hydrogen-bond donors (Lipinski definition) is 2. The smallest absolute Gasteiger partial charge is 0.434 e. The minimum Gasteiger partial charge on any atom is -0.491 e. The highest BCUT2D eigenvalue weighted by Gasteiger charge is 2.33. The monoisotopic (exact) mass is 542 g/mol. The molecule has 0 amide bonds. The van der Waals surface area contributed by atoms with E-state index >= 15 is 0 Å². The fraction of sp³-hybridized carbons (Fsp3) is 0.474. The Labute approximate surface area is 190 Å². The summed E-state index contributed by atoms with van der Waals surface area (Å²) in [7, 11) is 0. The van der Waals surface area contributed by atoms with E-state index < -0.39 is 11.9 Å². The molecule has 1 aromatic heterocycles. The zero-order valence-electron chi connectivity index (χ0n) is 16.8. The SMILES string of the molecule is CCNC(=NCc1ccc(C)cc1OC(C)C)NCc1nc(C(F)(F)F)cs1.I. The van der Waals surface area contributed by atoms with Crippen LogP contribution in [-0.2, 0) is 19.3 Å². The zero-order chi connectivity index (χ0) is 20.7. The van der Waals surface area contributed by atoms with Crippen LogP contribution in [0.25, 0.3) is 0 Å². The van der Waals surface area contributed by atoms with E-state index in [9.17, 15) is 13.2 Å². The number of nitrogens with one attached hydrogen (secondary N) is 2. The number of ether oxygens (including phenoxy) is 1. The largest absolute Gasteiger partial charge is 0.491 e. The van der Waals surface area contributed by atoms with Crippen molar-refractivity contribution in [3.63, 3.8) is 0 Å². The molecule has 1 aromatic carbocycles. The van der Waals surface area contributed by atoms with Crippen molar-refractivity contribution in [3.8, 4) is 5.75 Å². The Morgan fingerprint density at radius 2 is 2.00 bits per heavy atom. The van der Waals surface area contributed by atoms with E-state index in [2.05, 4.69) is 20.6 Å². The highest BCUT2D eigenvalue weighted by molar-refractivity contribution is 14.0. The second-order valence-electron chi connectivity index (χ2n) is 6.45. The van der Waals surface area contributed by atoms with Crippen LogP contribution in [0, 0.1) is 6.92 Å². The lowest BCUT2D eigenvalue weighted by Gasteiger charge is -2.15. The van der Waals surface area contributed by atoms with Gasteiger partial charge in [0.25, 0.3) is 0 Å². The predicted octanol–water partition coefficient (Wildman–Crippen LogP) is 5.13. The van der Waals surface area contributed by atoms with Crippen LogP contribution >= 0.6 is 35.3 Å².